The van der Waals surface area contributed by atoms with Crippen molar-refractivity contribution >= 4 is 29.1 Å². The number of carbonyl (C=O) groups excluding carboxylic acids is 1. The van der Waals surface area contributed by atoms with Gasteiger partial charge in [0.15, 0.2) is 0 Å². The Labute approximate surface area is 155 Å². The normalized spacial score (nSPS) is 11.7. The lowest BCUT2D eigenvalue weighted by atomic mass is 10.2. The Morgan fingerprint density at radius 3 is 2.36 bits per heavy atom. The summed E-state index contributed by atoms with van der Waals surface area (Å²) in [5, 5.41) is 17.2. The predicted molar refractivity (Wildman–Crippen MR) is 108 cm³/mol. The van der Waals surface area contributed by atoms with Crippen molar-refractivity contribution in [3.63, 3.8) is 0 Å². The molecule has 0 spiro atoms. The maximum absolute atomic E-state index is 12.2. The van der Waals surface area contributed by atoms with Crippen LogP contribution >= 0.6 is 11.8 Å². The van der Waals surface area contributed by atoms with Gasteiger partial charge in [-0.2, -0.15) is 0 Å². The smallest absolute Gasteiger partial charge is 0.232 e. The predicted octanol–water partition coefficient (Wildman–Crippen LogP) is 3.49. The molecule has 0 atom stereocenters. The summed E-state index contributed by atoms with van der Waals surface area (Å²) in [6, 6.07) is 8.20. The van der Waals surface area contributed by atoms with Crippen LogP contribution in [0.15, 0.2) is 35.6 Å². The number of hydrogen-bond acceptors (Lipinski definition) is 5. The van der Waals surface area contributed by atoms with Crippen LogP contribution in [0.25, 0.3) is 0 Å². The van der Waals surface area contributed by atoms with Crippen molar-refractivity contribution in [2.24, 2.45) is 0 Å². The molecule has 0 saturated heterocycles. The molecule has 1 aromatic rings. The Bertz CT molecular complexity index is 639. The van der Waals surface area contributed by atoms with Crippen molar-refractivity contribution < 1.29 is 9.90 Å². The number of aliphatic hydroxyl groups is 1. The molecule has 138 valence electrons. The topological polar surface area (TPSA) is 67.6 Å². The van der Waals surface area contributed by atoms with Crippen LogP contribution in [0.5, 0.6) is 0 Å². The Morgan fingerprint density at radius 1 is 1.16 bits per heavy atom. The number of likely N-dealkylation sites (N-methyl/N-ethyl adjacent to an activating group) is 2. The van der Waals surface area contributed by atoms with Crippen molar-refractivity contribution in [1.29, 1.82) is 5.41 Å². The zero-order valence-corrected chi connectivity index (χ0v) is 16.6. The molecule has 0 unspecified atom stereocenters. The summed E-state index contributed by atoms with van der Waals surface area (Å²) >= 11 is 1.42. The van der Waals surface area contributed by atoms with E-state index >= 15 is 0 Å². The van der Waals surface area contributed by atoms with E-state index in [0.29, 0.717) is 29.3 Å². The molecule has 0 radical (unpaired) electrons. The monoisotopic (exact) mass is 363 g/mol. The van der Waals surface area contributed by atoms with Gasteiger partial charge in [-0.15, -0.1) is 11.8 Å². The number of rotatable bonds is 9. The number of para-hydroxylation sites is 1. The highest BCUT2D eigenvalue weighted by molar-refractivity contribution is 8.00. The summed E-state index contributed by atoms with van der Waals surface area (Å²) in [7, 11) is 3.84. The second-order valence-electron chi connectivity index (χ2n) is 6.21. The van der Waals surface area contributed by atoms with Gasteiger partial charge in [-0.25, -0.2) is 0 Å². The van der Waals surface area contributed by atoms with Crippen LogP contribution in [0.1, 0.15) is 19.4 Å². The average molecular weight is 364 g/mol. The number of hydrogen-bond donors (Lipinski definition) is 2. The maximum Gasteiger partial charge on any atom is 0.232 e. The van der Waals surface area contributed by atoms with Gasteiger partial charge in [0.1, 0.15) is 0 Å². The van der Waals surface area contributed by atoms with E-state index in [1.807, 2.05) is 26.2 Å². The fourth-order valence-electron chi connectivity index (χ4n) is 2.37. The number of benzene rings is 1. The van der Waals surface area contributed by atoms with Crippen molar-refractivity contribution in [3.8, 4) is 0 Å². The fraction of sp³-hybridized carbons (Fsp3) is 0.474. The van der Waals surface area contributed by atoms with Gasteiger partial charge in [0, 0.05) is 49.9 Å². The number of amides is 1. The van der Waals surface area contributed by atoms with Crippen molar-refractivity contribution in [3.05, 3.63) is 41.2 Å². The van der Waals surface area contributed by atoms with E-state index in [-0.39, 0.29) is 11.7 Å². The first-order valence-corrected chi connectivity index (χ1v) is 9.42. The van der Waals surface area contributed by atoms with E-state index < -0.39 is 0 Å². The first-order valence-electron chi connectivity index (χ1n) is 8.26. The van der Waals surface area contributed by atoms with E-state index in [9.17, 15) is 9.90 Å². The molecule has 0 bridgehead atoms. The molecule has 0 fully saturated rings. The summed E-state index contributed by atoms with van der Waals surface area (Å²) < 4.78 is 0. The molecule has 0 aliphatic heterocycles. The minimum absolute atomic E-state index is 0.0563. The van der Waals surface area contributed by atoms with Crippen LogP contribution in [0.4, 0.5) is 5.69 Å². The number of anilines is 1. The maximum atomic E-state index is 12.2. The molecule has 2 N–H and O–H groups in total. The molecule has 25 heavy (non-hydrogen) atoms. The second-order valence-corrected chi connectivity index (χ2v) is 7.19. The average Bonchev–Trinajstić information content (AvgIpc) is 2.55. The third-order valence-electron chi connectivity index (χ3n) is 4.08. The molecule has 1 rings (SSSR count). The zero-order valence-electron chi connectivity index (χ0n) is 15.8. The second kappa shape index (κ2) is 10.1. The third kappa shape index (κ3) is 6.82. The van der Waals surface area contributed by atoms with Crippen LogP contribution in [-0.2, 0) is 4.79 Å². The van der Waals surface area contributed by atoms with Gasteiger partial charge in [-0.1, -0.05) is 18.2 Å². The fourth-order valence-corrected chi connectivity index (χ4v) is 3.50. The minimum atomic E-state index is 0.0563. The highest BCUT2D eigenvalue weighted by Crippen LogP contribution is 2.17. The van der Waals surface area contributed by atoms with Crippen LogP contribution in [0, 0.1) is 12.3 Å². The summed E-state index contributed by atoms with van der Waals surface area (Å²) in [5.74, 6) is 1.02. The van der Waals surface area contributed by atoms with Crippen molar-refractivity contribution in [1.82, 2.24) is 4.90 Å². The lowest BCUT2D eigenvalue weighted by molar-refractivity contribution is -0.126. The standard InChI is InChI=1S/C19H29N3O2S/c1-14-8-6-7-9-18(14)21(4)10-11-22(5)19(24)13-25-12-17(15(2)20)16(3)23/h6-9,20,23H,10-13H2,1-5H3/b17-16-,20-15?. The number of allylic oxidation sites excluding steroid dienone is 1. The molecule has 1 amide bonds. The van der Waals surface area contributed by atoms with Crippen LogP contribution in [0.3, 0.4) is 0 Å². The molecule has 0 heterocycles. The van der Waals surface area contributed by atoms with E-state index in [0.717, 1.165) is 6.54 Å². The SMILES string of the molecule is CC(=N)/C(CSCC(=O)N(C)CCN(C)c1ccccc1C)=C(/C)O. The summed E-state index contributed by atoms with van der Waals surface area (Å²) in [6.45, 7) is 6.71. The number of carbonyl (C=O) groups is 1. The Morgan fingerprint density at radius 2 is 1.80 bits per heavy atom. The van der Waals surface area contributed by atoms with Crippen LogP contribution in [0.2, 0.25) is 0 Å². The molecular formula is C19H29N3O2S. The van der Waals surface area contributed by atoms with E-state index in [4.69, 9.17) is 5.41 Å². The van der Waals surface area contributed by atoms with Gasteiger partial charge in [0.25, 0.3) is 0 Å². The third-order valence-corrected chi connectivity index (χ3v) is 5.03. The summed E-state index contributed by atoms with van der Waals surface area (Å²) in [5.41, 5.74) is 3.33. The van der Waals surface area contributed by atoms with Gasteiger partial charge in [-0.05, 0) is 32.4 Å². The number of aliphatic hydroxyl groups excluding tert-OH is 1. The van der Waals surface area contributed by atoms with Crippen LogP contribution in [-0.4, -0.2) is 60.3 Å². The zero-order chi connectivity index (χ0) is 19.0. The lowest BCUT2D eigenvalue weighted by Crippen LogP contribution is -2.36. The quantitative estimate of drug-likeness (QED) is 0.520. The van der Waals surface area contributed by atoms with Gasteiger partial charge in [0.2, 0.25) is 5.91 Å². The van der Waals surface area contributed by atoms with Crippen molar-refractivity contribution in [2.45, 2.75) is 20.8 Å². The summed E-state index contributed by atoms with van der Waals surface area (Å²) in [4.78, 5) is 16.1. The molecule has 0 aliphatic carbocycles. The van der Waals surface area contributed by atoms with Gasteiger partial charge in [0.05, 0.1) is 11.5 Å². The molecule has 5 nitrogen and oxygen atoms in total. The molecule has 0 aromatic heterocycles. The Balaban J connectivity index is 2.43. The molecule has 6 heteroatoms. The van der Waals surface area contributed by atoms with E-state index in [1.54, 1.807) is 18.7 Å². The minimum Gasteiger partial charge on any atom is -0.512 e. The number of aryl methyl sites for hydroxylation is 1. The number of nitrogens with one attached hydrogen (secondary N) is 1. The lowest BCUT2D eigenvalue weighted by Gasteiger charge is -2.25. The highest BCUT2D eigenvalue weighted by Gasteiger charge is 2.12. The molecule has 1 aromatic carbocycles. The number of thioether (sulfide) groups is 1. The highest BCUT2D eigenvalue weighted by atomic mass is 32.2. The van der Waals surface area contributed by atoms with Gasteiger partial charge < -0.3 is 20.3 Å². The van der Waals surface area contributed by atoms with Gasteiger partial charge in [-0.3, -0.25) is 4.79 Å². The van der Waals surface area contributed by atoms with Crippen LogP contribution < -0.4 is 4.90 Å². The molecular weight excluding hydrogens is 334 g/mol. The molecule has 0 saturated carbocycles. The largest absolute Gasteiger partial charge is 0.512 e. The Hall–Kier alpha value is -1.95. The first-order chi connectivity index (χ1) is 11.7. The first kappa shape index (κ1) is 21.1. The van der Waals surface area contributed by atoms with E-state index in [2.05, 4.69) is 24.0 Å². The number of nitrogens with zero attached hydrogens (tertiary/aromatic N) is 2. The molecule has 0 aliphatic rings. The summed E-state index contributed by atoms with van der Waals surface area (Å²) in [6.07, 6.45) is 0. The van der Waals surface area contributed by atoms with Gasteiger partial charge >= 0.3 is 0 Å². The van der Waals surface area contributed by atoms with Crippen molar-refractivity contribution in [2.75, 3.05) is 43.6 Å². The van der Waals surface area contributed by atoms with E-state index in [1.165, 1.54) is 23.0 Å². The Kier molecular flexibility index (Phi) is 8.55.